The van der Waals surface area contributed by atoms with Crippen molar-refractivity contribution in [1.82, 2.24) is 0 Å². The molecule has 0 bridgehead atoms. The van der Waals surface area contributed by atoms with Gasteiger partial charge in [-0.1, -0.05) is 100 Å². The van der Waals surface area contributed by atoms with Gasteiger partial charge in [0.2, 0.25) is 0 Å². The molecule has 1 aliphatic carbocycles. The van der Waals surface area contributed by atoms with Gasteiger partial charge in [0, 0.05) is 6.54 Å². The van der Waals surface area contributed by atoms with Gasteiger partial charge in [0.05, 0.1) is 0 Å². The van der Waals surface area contributed by atoms with Crippen molar-refractivity contribution in [2.24, 2.45) is 11.1 Å². The van der Waals surface area contributed by atoms with Gasteiger partial charge in [0.15, 0.2) is 0 Å². The molecule has 3 rings (SSSR count). The van der Waals surface area contributed by atoms with Crippen LogP contribution in [0, 0.1) is 5.41 Å². The molecule has 148 valence electrons. The SMILES string of the molecule is CC(CC1=CCC(C(C)(C)CN)=C1CC(C)c1ccccc1)c1ccccc1. The predicted molar refractivity (Wildman–Crippen MR) is 122 cm³/mol. The molecule has 0 fully saturated rings. The standard InChI is InChI=1S/C27H35N/c1-20(22-11-7-5-8-12-22)17-24-15-16-26(27(3,4)19-28)25(24)18-21(2)23-13-9-6-10-14-23/h5-15,20-21H,16-19,28H2,1-4H3. The third kappa shape index (κ3) is 4.64. The molecule has 0 spiro atoms. The molecule has 2 atom stereocenters. The van der Waals surface area contributed by atoms with Crippen molar-refractivity contribution in [3.63, 3.8) is 0 Å². The van der Waals surface area contributed by atoms with Gasteiger partial charge in [-0.2, -0.15) is 0 Å². The quantitative estimate of drug-likeness (QED) is 0.530. The second-order valence-corrected chi connectivity index (χ2v) is 9.01. The Bertz CT molecular complexity index is 827. The van der Waals surface area contributed by atoms with Crippen LogP contribution in [-0.2, 0) is 0 Å². The molecule has 1 heteroatoms. The molecule has 1 aliphatic rings. The van der Waals surface area contributed by atoms with Gasteiger partial charge in [-0.05, 0) is 58.8 Å². The fraction of sp³-hybridized carbons (Fsp3) is 0.407. The van der Waals surface area contributed by atoms with Crippen LogP contribution in [0.3, 0.4) is 0 Å². The Labute approximate surface area is 171 Å². The van der Waals surface area contributed by atoms with Crippen LogP contribution in [0.25, 0.3) is 0 Å². The number of nitrogens with two attached hydrogens (primary N) is 1. The molecule has 0 heterocycles. The molecule has 2 aromatic rings. The minimum Gasteiger partial charge on any atom is -0.330 e. The first kappa shape index (κ1) is 20.6. The molecule has 2 unspecified atom stereocenters. The minimum absolute atomic E-state index is 0.0555. The molecular weight excluding hydrogens is 338 g/mol. The van der Waals surface area contributed by atoms with Crippen LogP contribution in [-0.4, -0.2) is 6.54 Å². The van der Waals surface area contributed by atoms with Crippen molar-refractivity contribution in [3.8, 4) is 0 Å². The van der Waals surface area contributed by atoms with Gasteiger partial charge in [0.25, 0.3) is 0 Å². The number of allylic oxidation sites excluding steroid dienone is 3. The van der Waals surface area contributed by atoms with Crippen molar-refractivity contribution in [1.29, 1.82) is 0 Å². The molecular formula is C27H35N. The van der Waals surface area contributed by atoms with Crippen molar-refractivity contribution >= 4 is 0 Å². The second-order valence-electron chi connectivity index (χ2n) is 9.01. The van der Waals surface area contributed by atoms with E-state index in [1.807, 2.05) is 0 Å². The van der Waals surface area contributed by atoms with Crippen molar-refractivity contribution in [2.45, 2.75) is 58.8 Å². The van der Waals surface area contributed by atoms with Crippen LogP contribution < -0.4 is 5.73 Å². The van der Waals surface area contributed by atoms with E-state index in [9.17, 15) is 0 Å². The van der Waals surface area contributed by atoms with Crippen LogP contribution in [0.15, 0.2) is 83.5 Å². The average molecular weight is 374 g/mol. The maximum absolute atomic E-state index is 6.17. The maximum Gasteiger partial charge on any atom is 0.00119 e. The van der Waals surface area contributed by atoms with Gasteiger partial charge in [-0.3, -0.25) is 0 Å². The topological polar surface area (TPSA) is 26.0 Å². The molecule has 0 aromatic heterocycles. The summed E-state index contributed by atoms with van der Waals surface area (Å²) in [5.41, 5.74) is 13.7. The lowest BCUT2D eigenvalue weighted by Crippen LogP contribution is -2.26. The Morgan fingerprint density at radius 1 is 0.821 bits per heavy atom. The summed E-state index contributed by atoms with van der Waals surface area (Å²) in [6, 6.07) is 21.8. The summed E-state index contributed by atoms with van der Waals surface area (Å²) < 4.78 is 0. The first-order chi connectivity index (χ1) is 13.4. The lowest BCUT2D eigenvalue weighted by molar-refractivity contribution is 0.448. The lowest BCUT2D eigenvalue weighted by atomic mass is 9.78. The summed E-state index contributed by atoms with van der Waals surface area (Å²) in [4.78, 5) is 0. The highest BCUT2D eigenvalue weighted by atomic mass is 14.6. The maximum atomic E-state index is 6.17. The monoisotopic (exact) mass is 373 g/mol. The minimum atomic E-state index is 0.0555. The molecule has 28 heavy (non-hydrogen) atoms. The van der Waals surface area contributed by atoms with Crippen molar-refractivity contribution in [2.75, 3.05) is 6.54 Å². The highest BCUT2D eigenvalue weighted by Gasteiger charge is 2.30. The summed E-state index contributed by atoms with van der Waals surface area (Å²) in [6.07, 6.45) is 5.72. The Hall–Kier alpha value is -2.12. The first-order valence-corrected chi connectivity index (χ1v) is 10.6. The highest BCUT2D eigenvalue weighted by Crippen LogP contribution is 2.44. The van der Waals surface area contributed by atoms with E-state index >= 15 is 0 Å². The van der Waals surface area contributed by atoms with Crippen LogP contribution in [0.4, 0.5) is 0 Å². The largest absolute Gasteiger partial charge is 0.330 e. The van der Waals surface area contributed by atoms with Gasteiger partial charge in [-0.15, -0.1) is 0 Å². The second kappa shape index (κ2) is 8.92. The lowest BCUT2D eigenvalue weighted by Gasteiger charge is -2.28. The van der Waals surface area contributed by atoms with Crippen molar-refractivity contribution in [3.05, 3.63) is 94.6 Å². The fourth-order valence-corrected chi connectivity index (χ4v) is 4.37. The van der Waals surface area contributed by atoms with E-state index in [1.165, 1.54) is 16.7 Å². The van der Waals surface area contributed by atoms with E-state index in [-0.39, 0.29) is 5.41 Å². The van der Waals surface area contributed by atoms with E-state index < -0.39 is 0 Å². The summed E-state index contributed by atoms with van der Waals surface area (Å²) in [5.74, 6) is 1.03. The van der Waals surface area contributed by atoms with Gasteiger partial charge in [0.1, 0.15) is 0 Å². The van der Waals surface area contributed by atoms with Crippen LogP contribution in [0.1, 0.15) is 69.9 Å². The fourth-order valence-electron chi connectivity index (χ4n) is 4.37. The average Bonchev–Trinajstić information content (AvgIpc) is 3.12. The molecule has 0 radical (unpaired) electrons. The first-order valence-electron chi connectivity index (χ1n) is 10.6. The number of benzene rings is 2. The third-order valence-corrected chi connectivity index (χ3v) is 6.41. The third-order valence-electron chi connectivity index (χ3n) is 6.41. The molecule has 2 N–H and O–H groups in total. The summed E-state index contributed by atoms with van der Waals surface area (Å²) in [5, 5.41) is 0. The van der Waals surface area contributed by atoms with Crippen LogP contribution in [0.2, 0.25) is 0 Å². The molecule has 0 saturated carbocycles. The molecule has 1 nitrogen and oxygen atoms in total. The van der Waals surface area contributed by atoms with Crippen LogP contribution in [0.5, 0.6) is 0 Å². The van der Waals surface area contributed by atoms with Gasteiger partial charge >= 0.3 is 0 Å². The zero-order chi connectivity index (χ0) is 20.1. The summed E-state index contributed by atoms with van der Waals surface area (Å²) in [6.45, 7) is 9.99. The van der Waals surface area contributed by atoms with E-state index in [2.05, 4.69) is 94.4 Å². The molecule has 0 saturated heterocycles. The molecule has 0 aliphatic heterocycles. The number of hydrogen-bond acceptors (Lipinski definition) is 1. The van der Waals surface area contributed by atoms with E-state index in [0.29, 0.717) is 18.4 Å². The van der Waals surface area contributed by atoms with E-state index in [1.54, 1.807) is 11.1 Å². The Morgan fingerprint density at radius 2 is 1.32 bits per heavy atom. The summed E-state index contributed by atoms with van der Waals surface area (Å²) in [7, 11) is 0. The van der Waals surface area contributed by atoms with Crippen LogP contribution >= 0.6 is 0 Å². The van der Waals surface area contributed by atoms with E-state index in [4.69, 9.17) is 5.73 Å². The molecule has 0 amide bonds. The normalized spacial score (nSPS) is 16.8. The molecule has 2 aromatic carbocycles. The Balaban J connectivity index is 1.87. The Morgan fingerprint density at radius 3 is 1.82 bits per heavy atom. The van der Waals surface area contributed by atoms with Crippen molar-refractivity contribution < 1.29 is 0 Å². The zero-order valence-electron chi connectivity index (χ0n) is 17.9. The summed E-state index contributed by atoms with van der Waals surface area (Å²) >= 11 is 0. The number of rotatable bonds is 8. The highest BCUT2D eigenvalue weighted by molar-refractivity contribution is 5.47. The van der Waals surface area contributed by atoms with E-state index in [0.717, 1.165) is 19.3 Å². The Kier molecular flexibility index (Phi) is 6.57. The predicted octanol–water partition coefficient (Wildman–Crippen LogP) is 6.99. The van der Waals surface area contributed by atoms with Gasteiger partial charge in [-0.25, -0.2) is 0 Å². The smallest absolute Gasteiger partial charge is 0.00119 e. The number of hydrogen-bond donors (Lipinski definition) is 1. The van der Waals surface area contributed by atoms with Gasteiger partial charge < -0.3 is 5.73 Å². The zero-order valence-corrected chi connectivity index (χ0v) is 17.9.